The molecule has 0 saturated carbocycles. The third-order valence-electron chi connectivity index (χ3n) is 4.79. The minimum Gasteiger partial charge on any atom is -0.439 e. The van der Waals surface area contributed by atoms with Crippen LogP contribution in [0.5, 0.6) is 0 Å². The average molecular weight is 372 g/mol. The molecule has 1 saturated heterocycles. The number of likely N-dealkylation sites (N-methyl/N-ethyl adjacent to an activating group) is 2. The van der Waals surface area contributed by atoms with Crippen LogP contribution in [0, 0.1) is 0 Å². The molecule has 8 nitrogen and oxygen atoms in total. The predicted octanol–water partition coefficient (Wildman–Crippen LogP) is 2.02. The van der Waals surface area contributed by atoms with Gasteiger partial charge in [-0.25, -0.2) is 9.78 Å². The fraction of sp³-hybridized carbons (Fsp3) is 0.474. The van der Waals surface area contributed by atoms with Gasteiger partial charge in [-0.2, -0.15) is 0 Å². The maximum absolute atomic E-state index is 12.2. The Morgan fingerprint density at radius 2 is 1.96 bits per heavy atom. The monoisotopic (exact) mass is 372 g/mol. The lowest BCUT2D eigenvalue weighted by Crippen LogP contribution is -2.37. The Morgan fingerprint density at radius 1 is 1.26 bits per heavy atom. The lowest BCUT2D eigenvalue weighted by molar-refractivity contribution is -0.131. The number of fused-ring (bicyclic) bond motifs is 1. The fourth-order valence-electron chi connectivity index (χ4n) is 3.02. The molecule has 1 aromatic carbocycles. The molecular weight excluding hydrogens is 348 g/mol. The van der Waals surface area contributed by atoms with E-state index >= 15 is 0 Å². The Hall–Kier alpha value is -2.90. The van der Waals surface area contributed by atoms with Gasteiger partial charge < -0.3 is 14.6 Å². The first-order valence-corrected chi connectivity index (χ1v) is 8.79. The summed E-state index contributed by atoms with van der Waals surface area (Å²) in [5.41, 5.74) is 2.55. The van der Waals surface area contributed by atoms with Crippen LogP contribution in [-0.2, 0) is 21.5 Å². The van der Waals surface area contributed by atoms with Gasteiger partial charge in [0.05, 0.1) is 13.0 Å². The second-order valence-electron chi connectivity index (χ2n) is 7.83. The summed E-state index contributed by atoms with van der Waals surface area (Å²) in [6.07, 6.45) is -0.0974. The highest BCUT2D eigenvalue weighted by Crippen LogP contribution is 2.26. The Kier molecular flexibility index (Phi) is 4.67. The summed E-state index contributed by atoms with van der Waals surface area (Å²) < 4.78 is 5.67. The van der Waals surface area contributed by atoms with Crippen LogP contribution in [0.25, 0.3) is 11.1 Å². The Morgan fingerprint density at radius 3 is 2.56 bits per heavy atom. The van der Waals surface area contributed by atoms with E-state index in [9.17, 15) is 14.4 Å². The third kappa shape index (κ3) is 3.65. The number of aromatic nitrogens is 1. The van der Waals surface area contributed by atoms with Gasteiger partial charge in [-0.05, 0) is 23.1 Å². The number of carbonyl (C=O) groups excluding carboxylic acids is 3. The molecule has 144 valence electrons. The van der Waals surface area contributed by atoms with Gasteiger partial charge in [0.1, 0.15) is 11.6 Å². The topological polar surface area (TPSA) is 95.8 Å². The molecule has 1 aliphatic rings. The number of amides is 4. The highest BCUT2D eigenvalue weighted by molar-refractivity contribution is 6.05. The molecule has 0 spiro atoms. The SMILES string of the molecule is CN1C(=O)C(CC(=O)NCc2nc3cc(C(C)(C)C)ccc3o2)N(C)C1=O. The first-order chi connectivity index (χ1) is 12.6. The maximum atomic E-state index is 12.2. The van der Waals surface area contributed by atoms with Crippen LogP contribution in [0.2, 0.25) is 0 Å². The Balaban J connectivity index is 1.64. The minimum absolute atomic E-state index is 0.00591. The molecule has 1 aliphatic heterocycles. The van der Waals surface area contributed by atoms with E-state index in [4.69, 9.17) is 4.42 Å². The first kappa shape index (κ1) is 18.9. The van der Waals surface area contributed by atoms with Gasteiger partial charge in [0.25, 0.3) is 5.91 Å². The van der Waals surface area contributed by atoms with E-state index < -0.39 is 12.1 Å². The standard InChI is InChI=1S/C19H24N4O4/c1-19(2,3)11-6-7-14-12(8-11)21-16(27-14)10-20-15(24)9-13-17(25)23(5)18(26)22(13)4/h6-8,13H,9-10H2,1-5H3,(H,20,24). The number of carbonyl (C=O) groups is 3. The molecule has 1 fully saturated rings. The van der Waals surface area contributed by atoms with Crippen molar-refractivity contribution in [3.05, 3.63) is 29.7 Å². The lowest BCUT2D eigenvalue weighted by Gasteiger charge is -2.18. The number of urea groups is 1. The van der Waals surface area contributed by atoms with E-state index in [2.05, 4.69) is 31.1 Å². The summed E-state index contributed by atoms with van der Waals surface area (Å²) in [5.74, 6) is -0.334. The summed E-state index contributed by atoms with van der Waals surface area (Å²) >= 11 is 0. The van der Waals surface area contributed by atoms with Crippen molar-refractivity contribution in [3.8, 4) is 0 Å². The number of hydrogen-bond acceptors (Lipinski definition) is 5. The summed E-state index contributed by atoms with van der Waals surface area (Å²) in [5, 5.41) is 2.70. The van der Waals surface area contributed by atoms with Gasteiger partial charge in [-0.3, -0.25) is 14.5 Å². The molecule has 27 heavy (non-hydrogen) atoms. The van der Waals surface area contributed by atoms with Crippen molar-refractivity contribution in [2.45, 2.75) is 45.2 Å². The number of benzene rings is 1. The Labute approximate surface area is 157 Å². The minimum atomic E-state index is -0.777. The average Bonchev–Trinajstić information content (AvgIpc) is 3.09. The summed E-state index contributed by atoms with van der Waals surface area (Å²) in [6, 6.07) is 4.68. The molecule has 1 atom stereocenters. The van der Waals surface area contributed by atoms with E-state index in [-0.39, 0.29) is 30.2 Å². The molecule has 2 heterocycles. The molecule has 0 aliphatic carbocycles. The van der Waals surface area contributed by atoms with Crippen LogP contribution < -0.4 is 5.32 Å². The smallest absolute Gasteiger partial charge is 0.326 e. The molecule has 8 heteroatoms. The fourth-order valence-corrected chi connectivity index (χ4v) is 3.02. The molecular formula is C19H24N4O4. The van der Waals surface area contributed by atoms with Gasteiger partial charge in [0, 0.05) is 14.1 Å². The number of nitrogens with one attached hydrogen (secondary N) is 1. The van der Waals surface area contributed by atoms with Crippen LogP contribution >= 0.6 is 0 Å². The number of hydrogen-bond donors (Lipinski definition) is 1. The van der Waals surface area contributed by atoms with Crippen LogP contribution in [0.4, 0.5) is 4.79 Å². The summed E-state index contributed by atoms with van der Waals surface area (Å²) in [4.78, 5) is 42.7. The molecule has 0 bridgehead atoms. The Bertz CT molecular complexity index is 912. The molecule has 1 aromatic heterocycles. The van der Waals surface area contributed by atoms with E-state index in [0.717, 1.165) is 16.0 Å². The van der Waals surface area contributed by atoms with Gasteiger partial charge in [0.2, 0.25) is 11.8 Å². The number of imide groups is 1. The lowest BCUT2D eigenvalue weighted by atomic mass is 9.87. The van der Waals surface area contributed by atoms with Crippen molar-refractivity contribution in [3.63, 3.8) is 0 Å². The van der Waals surface area contributed by atoms with E-state index in [0.29, 0.717) is 11.5 Å². The molecule has 2 aromatic rings. The zero-order chi connectivity index (χ0) is 19.9. The number of nitrogens with zero attached hydrogens (tertiary/aromatic N) is 3. The second kappa shape index (κ2) is 6.68. The molecule has 1 N–H and O–H groups in total. The van der Waals surface area contributed by atoms with Crippen molar-refractivity contribution >= 4 is 28.9 Å². The van der Waals surface area contributed by atoms with Crippen molar-refractivity contribution in [1.29, 1.82) is 0 Å². The van der Waals surface area contributed by atoms with Crippen LogP contribution in [0.15, 0.2) is 22.6 Å². The predicted molar refractivity (Wildman–Crippen MR) is 98.9 cm³/mol. The number of rotatable bonds is 4. The van der Waals surface area contributed by atoms with Crippen molar-refractivity contribution in [1.82, 2.24) is 20.1 Å². The third-order valence-corrected chi connectivity index (χ3v) is 4.79. The largest absolute Gasteiger partial charge is 0.439 e. The van der Waals surface area contributed by atoms with E-state index in [1.165, 1.54) is 19.0 Å². The zero-order valence-electron chi connectivity index (χ0n) is 16.2. The van der Waals surface area contributed by atoms with Crippen molar-refractivity contribution in [2.75, 3.05) is 14.1 Å². The zero-order valence-corrected chi connectivity index (χ0v) is 16.2. The molecule has 3 rings (SSSR count). The van der Waals surface area contributed by atoms with Gasteiger partial charge in [-0.15, -0.1) is 0 Å². The first-order valence-electron chi connectivity index (χ1n) is 8.79. The second-order valence-corrected chi connectivity index (χ2v) is 7.83. The quantitative estimate of drug-likeness (QED) is 0.829. The van der Waals surface area contributed by atoms with E-state index in [1.54, 1.807) is 0 Å². The van der Waals surface area contributed by atoms with Crippen LogP contribution in [0.3, 0.4) is 0 Å². The van der Waals surface area contributed by atoms with Gasteiger partial charge in [0.15, 0.2) is 5.58 Å². The van der Waals surface area contributed by atoms with Gasteiger partial charge >= 0.3 is 6.03 Å². The van der Waals surface area contributed by atoms with E-state index in [1.807, 2.05) is 18.2 Å². The highest BCUT2D eigenvalue weighted by Gasteiger charge is 2.41. The van der Waals surface area contributed by atoms with Gasteiger partial charge in [-0.1, -0.05) is 26.8 Å². The normalized spacial score (nSPS) is 17.9. The number of oxazole rings is 1. The summed E-state index contributed by atoms with van der Waals surface area (Å²) in [6.45, 7) is 6.49. The maximum Gasteiger partial charge on any atom is 0.326 e. The van der Waals surface area contributed by atoms with Crippen LogP contribution in [0.1, 0.15) is 38.6 Å². The molecule has 1 unspecified atom stereocenters. The van der Waals surface area contributed by atoms with Crippen LogP contribution in [-0.4, -0.2) is 52.8 Å². The molecule has 0 radical (unpaired) electrons. The summed E-state index contributed by atoms with van der Waals surface area (Å²) in [7, 11) is 2.92. The highest BCUT2D eigenvalue weighted by atomic mass is 16.3. The van der Waals surface area contributed by atoms with Crippen molar-refractivity contribution in [2.24, 2.45) is 0 Å². The van der Waals surface area contributed by atoms with Crippen molar-refractivity contribution < 1.29 is 18.8 Å². The molecule has 4 amide bonds.